The molecule has 0 radical (unpaired) electrons. The number of aryl methyl sites for hydroxylation is 1. The molecule has 1 N–H and O–H groups in total. The van der Waals surface area contributed by atoms with Crippen molar-refractivity contribution < 1.29 is 4.42 Å². The van der Waals surface area contributed by atoms with Crippen molar-refractivity contribution >= 4 is 79.1 Å². The number of rotatable bonds is 7. The zero-order chi connectivity index (χ0) is 40.3. The number of nitrogens with one attached hydrogen (secondary N) is 1. The van der Waals surface area contributed by atoms with E-state index in [1.807, 2.05) is 0 Å². The maximum atomic E-state index is 6.63. The predicted octanol–water partition coefficient (Wildman–Crippen LogP) is 10.8. The molecule has 0 saturated heterocycles. The summed E-state index contributed by atoms with van der Waals surface area (Å²) in [6.07, 6.45) is 6.10. The smallest absolute Gasteiger partial charge is 0.179 e. The Morgan fingerprint density at radius 1 is 0.557 bits per heavy atom. The molecule has 1 aliphatic carbocycles. The summed E-state index contributed by atoms with van der Waals surface area (Å²) in [4.78, 5) is 5.40. The fourth-order valence-electron chi connectivity index (χ4n) is 10.1. The topological polar surface area (TPSA) is 42.5 Å². The SMILES string of the molecule is C1=Cc2oc3cc4c5cc([Si](c6ccccc6)(c6ccccc6)c6ccccc6)ccc5n(-c5cccc(C6N=C(c7ccccc7)c7ccccc7N6)c5)c4cc3c2CC1. The Bertz CT molecular complexity index is 3230. The number of para-hydroxylation sites is 1. The molecule has 0 spiro atoms. The summed E-state index contributed by atoms with van der Waals surface area (Å²) in [5, 5.41) is 12.8. The fourth-order valence-corrected chi connectivity index (χ4v) is 14.8. The van der Waals surface area contributed by atoms with Crippen LogP contribution < -0.4 is 26.1 Å². The minimum Gasteiger partial charge on any atom is -0.456 e. The Morgan fingerprint density at radius 3 is 1.93 bits per heavy atom. The van der Waals surface area contributed by atoms with Gasteiger partial charge in [-0.15, -0.1) is 0 Å². The number of nitrogens with zero attached hydrogens (tertiary/aromatic N) is 2. The maximum absolute atomic E-state index is 6.63. The van der Waals surface area contributed by atoms with Crippen molar-refractivity contribution in [1.29, 1.82) is 0 Å². The van der Waals surface area contributed by atoms with Crippen LogP contribution >= 0.6 is 0 Å². The van der Waals surface area contributed by atoms with Gasteiger partial charge in [0.1, 0.15) is 17.5 Å². The van der Waals surface area contributed by atoms with Crippen molar-refractivity contribution in [1.82, 2.24) is 4.57 Å². The number of furan rings is 1. The highest BCUT2D eigenvalue weighted by atomic mass is 28.3. The summed E-state index contributed by atoms with van der Waals surface area (Å²) >= 11 is 0. The Balaban J connectivity index is 1.11. The molecule has 12 rings (SSSR count). The van der Waals surface area contributed by atoms with E-state index in [9.17, 15) is 0 Å². The van der Waals surface area contributed by atoms with Gasteiger partial charge < -0.3 is 14.3 Å². The average Bonchev–Trinajstić information content (AvgIpc) is 3.86. The number of benzene rings is 8. The van der Waals surface area contributed by atoms with Gasteiger partial charge in [-0.25, -0.2) is 0 Å². The second-order valence-electron chi connectivity index (χ2n) is 16.2. The van der Waals surface area contributed by atoms with Crippen LogP contribution in [0.5, 0.6) is 0 Å². The quantitative estimate of drug-likeness (QED) is 0.129. The molecule has 3 heterocycles. The van der Waals surface area contributed by atoms with Crippen LogP contribution in [0.3, 0.4) is 0 Å². The molecule has 4 nitrogen and oxygen atoms in total. The molecule has 290 valence electrons. The van der Waals surface area contributed by atoms with Crippen LogP contribution in [0.25, 0.3) is 44.5 Å². The molecule has 61 heavy (non-hydrogen) atoms. The maximum Gasteiger partial charge on any atom is 0.179 e. The monoisotopic (exact) mass is 799 g/mol. The number of aromatic nitrogens is 1. The van der Waals surface area contributed by atoms with Gasteiger partial charge in [-0.3, -0.25) is 4.99 Å². The Morgan fingerprint density at radius 2 is 1.21 bits per heavy atom. The molecule has 1 unspecified atom stereocenters. The first-order valence-electron chi connectivity index (χ1n) is 21.2. The van der Waals surface area contributed by atoms with Crippen molar-refractivity contribution in [2.75, 3.05) is 5.32 Å². The number of hydrogen-bond acceptors (Lipinski definition) is 3. The number of fused-ring (bicyclic) bond motifs is 7. The number of aliphatic imine (C=N–C) groups is 1. The average molecular weight is 800 g/mol. The van der Waals surface area contributed by atoms with E-state index in [0.29, 0.717) is 0 Å². The lowest BCUT2D eigenvalue weighted by molar-refractivity contribution is 0.596. The van der Waals surface area contributed by atoms with Crippen LogP contribution in [0.4, 0.5) is 5.69 Å². The largest absolute Gasteiger partial charge is 0.456 e. The molecule has 2 aliphatic rings. The Kier molecular flexibility index (Phi) is 8.35. The van der Waals surface area contributed by atoms with E-state index < -0.39 is 8.07 Å². The lowest BCUT2D eigenvalue weighted by atomic mass is 9.97. The zero-order valence-electron chi connectivity index (χ0n) is 33.5. The number of allylic oxidation sites excluding steroid dienone is 1. The first kappa shape index (κ1) is 35.5. The predicted molar refractivity (Wildman–Crippen MR) is 256 cm³/mol. The van der Waals surface area contributed by atoms with Gasteiger partial charge in [-0.05, 0) is 81.6 Å². The van der Waals surface area contributed by atoms with E-state index in [1.165, 1.54) is 42.5 Å². The van der Waals surface area contributed by atoms with Gasteiger partial charge in [0.2, 0.25) is 0 Å². The molecule has 0 fully saturated rings. The molecule has 0 saturated carbocycles. The Hall–Kier alpha value is -7.47. The van der Waals surface area contributed by atoms with Crippen LogP contribution in [-0.4, -0.2) is 18.4 Å². The molecule has 0 bridgehead atoms. The van der Waals surface area contributed by atoms with Gasteiger partial charge >= 0.3 is 0 Å². The molecule has 1 aliphatic heterocycles. The van der Waals surface area contributed by atoms with E-state index in [-0.39, 0.29) is 6.17 Å². The summed E-state index contributed by atoms with van der Waals surface area (Å²) in [7, 11) is -2.80. The second-order valence-corrected chi connectivity index (χ2v) is 20.0. The summed E-state index contributed by atoms with van der Waals surface area (Å²) < 4.78 is 9.09. The molecule has 1 atom stereocenters. The zero-order valence-corrected chi connectivity index (χ0v) is 34.5. The van der Waals surface area contributed by atoms with Gasteiger partial charge in [0.15, 0.2) is 8.07 Å². The van der Waals surface area contributed by atoms with Crippen LogP contribution in [0.1, 0.15) is 40.6 Å². The molecule has 5 heteroatoms. The lowest BCUT2D eigenvalue weighted by Crippen LogP contribution is -2.74. The highest BCUT2D eigenvalue weighted by Gasteiger charge is 2.41. The van der Waals surface area contributed by atoms with Crippen molar-refractivity contribution in [2.24, 2.45) is 4.99 Å². The van der Waals surface area contributed by atoms with Crippen molar-refractivity contribution in [3.05, 3.63) is 234 Å². The van der Waals surface area contributed by atoms with E-state index in [4.69, 9.17) is 9.41 Å². The molecule has 10 aromatic rings. The summed E-state index contributed by atoms with van der Waals surface area (Å²) in [6.45, 7) is 0. The molecule has 8 aromatic carbocycles. The minimum atomic E-state index is -2.80. The molecule has 2 aromatic heterocycles. The highest BCUT2D eigenvalue weighted by Crippen LogP contribution is 2.40. The lowest BCUT2D eigenvalue weighted by Gasteiger charge is -2.34. The minimum absolute atomic E-state index is 0.265. The third kappa shape index (κ3) is 5.69. The fraction of sp³-hybridized carbons (Fsp3) is 0.0536. The van der Waals surface area contributed by atoms with E-state index >= 15 is 0 Å². The Labute approximate surface area is 355 Å². The second kappa shape index (κ2) is 14.4. The van der Waals surface area contributed by atoms with Gasteiger partial charge in [0.05, 0.1) is 16.7 Å². The van der Waals surface area contributed by atoms with Gasteiger partial charge in [-0.2, -0.15) is 0 Å². The molecular weight excluding hydrogens is 759 g/mol. The van der Waals surface area contributed by atoms with Gasteiger partial charge in [0, 0.05) is 44.2 Å². The van der Waals surface area contributed by atoms with Crippen molar-refractivity contribution in [2.45, 2.75) is 19.0 Å². The van der Waals surface area contributed by atoms with Gasteiger partial charge in [-0.1, -0.05) is 170 Å². The normalized spacial score (nSPS) is 14.8. The number of anilines is 1. The first-order chi connectivity index (χ1) is 30.2. The van der Waals surface area contributed by atoms with Crippen molar-refractivity contribution in [3.8, 4) is 5.69 Å². The van der Waals surface area contributed by atoms with Crippen molar-refractivity contribution in [3.63, 3.8) is 0 Å². The van der Waals surface area contributed by atoms with Crippen LogP contribution in [0.2, 0.25) is 0 Å². The van der Waals surface area contributed by atoms with Crippen LogP contribution in [-0.2, 0) is 6.42 Å². The molecular formula is C56H41N3OSi. The third-order valence-corrected chi connectivity index (χ3v) is 17.6. The summed E-state index contributed by atoms with van der Waals surface area (Å²) in [6, 6.07) is 73.4. The summed E-state index contributed by atoms with van der Waals surface area (Å²) in [5.41, 5.74) is 11.1. The third-order valence-electron chi connectivity index (χ3n) is 12.8. The summed E-state index contributed by atoms with van der Waals surface area (Å²) in [5.74, 6) is 0.979. The highest BCUT2D eigenvalue weighted by molar-refractivity contribution is 7.20. The molecule has 0 amide bonds. The van der Waals surface area contributed by atoms with E-state index in [1.54, 1.807) is 0 Å². The van der Waals surface area contributed by atoms with E-state index in [0.717, 1.165) is 69.0 Å². The van der Waals surface area contributed by atoms with Gasteiger partial charge in [0.25, 0.3) is 0 Å². The standard InChI is InChI=1S/C56H41N3OSi/c1-5-18-38(19-6-1)55-46-29-13-15-30-50(46)57-56(58-55)39-20-17-21-40(34-39)59-51-33-32-44(35-47(51)48-37-54-49(36-52(48)59)45-28-14-16-31-53(45)60-54)61(41-22-7-2-8-23-41,42-24-9-3-10-25-42)43-26-11-4-12-27-43/h1-13,15-27,29-37,56-57H,14,28H2. The first-order valence-corrected chi connectivity index (χ1v) is 23.2. The van der Waals surface area contributed by atoms with Crippen LogP contribution in [0, 0.1) is 0 Å². The van der Waals surface area contributed by atoms with E-state index in [2.05, 4.69) is 222 Å². The number of hydrogen-bond donors (Lipinski definition) is 1. The van der Waals surface area contributed by atoms with Crippen LogP contribution in [0.15, 0.2) is 216 Å².